The predicted octanol–water partition coefficient (Wildman–Crippen LogP) is 2.92. The number of nitrogens with zero attached hydrogens (tertiary/aromatic N) is 3. The lowest BCUT2D eigenvalue weighted by molar-refractivity contribution is 0.383. The van der Waals surface area contributed by atoms with Crippen LogP contribution in [-0.2, 0) is 0 Å². The van der Waals surface area contributed by atoms with E-state index in [1.165, 1.54) is 44.3 Å². The van der Waals surface area contributed by atoms with Gasteiger partial charge in [0, 0.05) is 18.1 Å². The minimum Gasteiger partial charge on any atom is -0.316 e. The Morgan fingerprint density at radius 3 is 2.68 bits per heavy atom. The summed E-state index contributed by atoms with van der Waals surface area (Å²) in [7, 11) is 2.17. The minimum absolute atomic E-state index is 0.558. The molecule has 0 bridgehead atoms. The largest absolute Gasteiger partial charge is 0.316 e. The Labute approximate surface area is 133 Å². The van der Waals surface area contributed by atoms with E-state index < -0.39 is 0 Å². The Morgan fingerprint density at radius 1 is 1.23 bits per heavy atom. The van der Waals surface area contributed by atoms with Crippen molar-refractivity contribution in [2.24, 2.45) is 5.92 Å². The van der Waals surface area contributed by atoms with Gasteiger partial charge in [-0.15, -0.1) is 0 Å². The van der Waals surface area contributed by atoms with E-state index in [4.69, 9.17) is 0 Å². The molecule has 2 saturated heterocycles. The fraction of sp³-hybridized carbons (Fsp3) is 0.611. The molecule has 120 valence electrons. The molecule has 0 radical (unpaired) electrons. The maximum atomic E-state index is 4.62. The average Bonchev–Trinajstić information content (AvgIpc) is 3.14. The van der Waals surface area contributed by atoms with Gasteiger partial charge in [0.2, 0.25) is 0 Å². The van der Waals surface area contributed by atoms with Gasteiger partial charge in [0.25, 0.3) is 0 Å². The molecule has 2 atom stereocenters. The van der Waals surface area contributed by atoms with E-state index in [9.17, 15) is 0 Å². The molecule has 2 unspecified atom stereocenters. The van der Waals surface area contributed by atoms with Gasteiger partial charge >= 0.3 is 0 Å². The van der Waals surface area contributed by atoms with Gasteiger partial charge in [-0.05, 0) is 57.9 Å². The summed E-state index contributed by atoms with van der Waals surface area (Å²) >= 11 is 0. The van der Waals surface area contributed by atoms with Crippen molar-refractivity contribution in [3.05, 3.63) is 30.5 Å². The Morgan fingerprint density at radius 2 is 2.09 bits per heavy atom. The van der Waals surface area contributed by atoms with Crippen LogP contribution in [0.15, 0.2) is 30.5 Å². The number of aromatic nitrogens is 2. The molecule has 3 heterocycles. The number of fused-ring (bicyclic) bond motifs is 1. The molecule has 0 aliphatic carbocycles. The molecule has 4 heteroatoms. The number of likely N-dealkylation sites (N-methyl/N-ethyl adjacent to an activating group) is 1. The van der Waals surface area contributed by atoms with Crippen molar-refractivity contribution in [3.8, 4) is 0 Å². The third-order valence-electron chi connectivity index (χ3n) is 4.72. The molecule has 2 fully saturated rings. The van der Waals surface area contributed by atoms with Gasteiger partial charge in [-0.25, -0.2) is 0 Å². The van der Waals surface area contributed by atoms with Gasteiger partial charge in [-0.3, -0.25) is 4.68 Å². The Kier molecular flexibility index (Phi) is 5.11. The first-order valence-electron chi connectivity index (χ1n) is 8.55. The van der Waals surface area contributed by atoms with Gasteiger partial charge in [-0.1, -0.05) is 25.1 Å². The predicted molar refractivity (Wildman–Crippen MR) is 92.2 cm³/mol. The molecule has 0 saturated carbocycles. The van der Waals surface area contributed by atoms with Crippen molar-refractivity contribution in [3.63, 3.8) is 0 Å². The molecule has 0 amide bonds. The zero-order valence-corrected chi connectivity index (χ0v) is 13.8. The van der Waals surface area contributed by atoms with Crippen molar-refractivity contribution >= 4 is 10.9 Å². The Balaban J connectivity index is 0.000000174. The number of hydrogen-bond donors (Lipinski definition) is 1. The van der Waals surface area contributed by atoms with E-state index in [1.807, 2.05) is 6.07 Å². The van der Waals surface area contributed by atoms with E-state index in [2.05, 4.69) is 58.4 Å². The van der Waals surface area contributed by atoms with Crippen LogP contribution >= 0.6 is 0 Å². The highest BCUT2D eigenvalue weighted by molar-refractivity contribution is 5.77. The Hall–Kier alpha value is -1.39. The summed E-state index contributed by atoms with van der Waals surface area (Å²) in [4.78, 5) is 2.36. The molecule has 2 aliphatic heterocycles. The summed E-state index contributed by atoms with van der Waals surface area (Å²) in [6, 6.07) is 8.86. The van der Waals surface area contributed by atoms with E-state index in [0.29, 0.717) is 6.04 Å². The number of likely N-dealkylation sites (tertiary alicyclic amines) is 1. The number of piperidine rings is 1. The van der Waals surface area contributed by atoms with E-state index in [-0.39, 0.29) is 0 Å². The standard InChI is InChI=1S/C12H15N3.C6H13N/c1-14-7-6-11(9-14)15-8-10-4-2-3-5-12(10)13-15;1-6-3-2-4-7-5-6/h2-5,8,11H,6-7,9H2,1H3;6-7H,2-5H2,1H3. The van der Waals surface area contributed by atoms with Crippen LogP contribution in [0.3, 0.4) is 0 Å². The van der Waals surface area contributed by atoms with Crippen LogP contribution < -0.4 is 5.32 Å². The second-order valence-electron chi connectivity index (χ2n) is 6.82. The highest BCUT2D eigenvalue weighted by atomic mass is 15.3. The maximum Gasteiger partial charge on any atom is 0.0923 e. The molecule has 1 N–H and O–H groups in total. The summed E-state index contributed by atoms with van der Waals surface area (Å²) < 4.78 is 2.13. The van der Waals surface area contributed by atoms with Crippen LogP contribution in [0.2, 0.25) is 0 Å². The normalized spacial score (nSPS) is 25.9. The monoisotopic (exact) mass is 300 g/mol. The van der Waals surface area contributed by atoms with Crippen LogP contribution in [0.4, 0.5) is 0 Å². The van der Waals surface area contributed by atoms with Crippen LogP contribution in [0.5, 0.6) is 0 Å². The van der Waals surface area contributed by atoms with E-state index in [0.717, 1.165) is 18.0 Å². The van der Waals surface area contributed by atoms with E-state index in [1.54, 1.807) is 0 Å². The van der Waals surface area contributed by atoms with Gasteiger partial charge in [0.05, 0.1) is 11.6 Å². The van der Waals surface area contributed by atoms with Gasteiger partial charge < -0.3 is 10.2 Å². The minimum atomic E-state index is 0.558. The number of nitrogens with one attached hydrogen (secondary N) is 1. The highest BCUT2D eigenvalue weighted by Gasteiger charge is 2.21. The highest BCUT2D eigenvalue weighted by Crippen LogP contribution is 2.22. The lowest BCUT2D eigenvalue weighted by atomic mass is 10.0. The smallest absolute Gasteiger partial charge is 0.0923 e. The number of hydrogen-bond acceptors (Lipinski definition) is 3. The van der Waals surface area contributed by atoms with Crippen LogP contribution in [0, 0.1) is 5.92 Å². The summed E-state index contributed by atoms with van der Waals surface area (Å²) in [6.45, 7) is 7.07. The summed E-state index contributed by atoms with van der Waals surface area (Å²) in [5.74, 6) is 0.925. The molecule has 1 aromatic heterocycles. The molecule has 2 aliphatic rings. The third-order valence-corrected chi connectivity index (χ3v) is 4.72. The molecule has 2 aromatic rings. The SMILES string of the molecule is CC1CCCNC1.CN1CCC(n2cc3ccccc3n2)C1. The lowest BCUT2D eigenvalue weighted by Gasteiger charge is -2.17. The quantitative estimate of drug-likeness (QED) is 0.879. The molecule has 4 rings (SSSR count). The molecule has 0 spiro atoms. The average molecular weight is 300 g/mol. The second kappa shape index (κ2) is 7.25. The summed E-state index contributed by atoms with van der Waals surface area (Å²) in [5.41, 5.74) is 1.10. The van der Waals surface area contributed by atoms with Crippen molar-refractivity contribution in [2.45, 2.75) is 32.2 Å². The first-order valence-corrected chi connectivity index (χ1v) is 8.55. The first kappa shape index (κ1) is 15.5. The number of benzene rings is 1. The summed E-state index contributed by atoms with van der Waals surface area (Å²) in [5, 5.41) is 9.20. The lowest BCUT2D eigenvalue weighted by Crippen LogP contribution is -2.27. The number of rotatable bonds is 1. The molecule has 4 nitrogen and oxygen atoms in total. The van der Waals surface area contributed by atoms with Crippen molar-refractivity contribution in [2.75, 3.05) is 33.2 Å². The molecular weight excluding hydrogens is 272 g/mol. The van der Waals surface area contributed by atoms with Crippen LogP contribution in [0.1, 0.15) is 32.2 Å². The topological polar surface area (TPSA) is 33.1 Å². The fourth-order valence-electron chi connectivity index (χ4n) is 3.32. The van der Waals surface area contributed by atoms with E-state index >= 15 is 0 Å². The maximum absolute atomic E-state index is 4.62. The van der Waals surface area contributed by atoms with Gasteiger partial charge in [0.1, 0.15) is 0 Å². The van der Waals surface area contributed by atoms with Crippen molar-refractivity contribution in [1.82, 2.24) is 20.0 Å². The first-order chi connectivity index (χ1) is 10.7. The van der Waals surface area contributed by atoms with Crippen LogP contribution in [-0.4, -0.2) is 47.9 Å². The third kappa shape index (κ3) is 3.87. The second-order valence-corrected chi connectivity index (χ2v) is 6.82. The molecule has 1 aromatic carbocycles. The van der Waals surface area contributed by atoms with Crippen molar-refractivity contribution < 1.29 is 0 Å². The molecular formula is C18H28N4. The molecule has 22 heavy (non-hydrogen) atoms. The fourth-order valence-corrected chi connectivity index (χ4v) is 3.32. The van der Waals surface area contributed by atoms with Gasteiger partial charge in [-0.2, -0.15) is 5.10 Å². The zero-order valence-electron chi connectivity index (χ0n) is 13.8. The van der Waals surface area contributed by atoms with Gasteiger partial charge in [0.15, 0.2) is 0 Å². The van der Waals surface area contributed by atoms with Crippen molar-refractivity contribution in [1.29, 1.82) is 0 Å². The zero-order chi connectivity index (χ0) is 15.4. The van der Waals surface area contributed by atoms with Crippen LogP contribution in [0.25, 0.3) is 10.9 Å². The summed E-state index contributed by atoms with van der Waals surface area (Å²) in [6.07, 6.45) is 6.18. The Bertz CT molecular complexity index is 553.